The number of azo groups is 1. The molecular formula is C13H13N5O3. The number of hydrogen-bond acceptors (Lipinski definition) is 7. The van der Waals surface area contributed by atoms with Crippen LogP contribution in [0.25, 0.3) is 0 Å². The molecule has 0 bridgehead atoms. The summed E-state index contributed by atoms with van der Waals surface area (Å²) in [6.07, 6.45) is -0.978. The molecule has 0 atom stereocenters. The highest BCUT2D eigenvalue weighted by Crippen LogP contribution is 2.31. The van der Waals surface area contributed by atoms with Crippen molar-refractivity contribution in [3.8, 4) is 11.6 Å². The molecule has 0 aliphatic rings. The van der Waals surface area contributed by atoms with Gasteiger partial charge >= 0.3 is 6.09 Å². The van der Waals surface area contributed by atoms with Crippen molar-refractivity contribution in [3.05, 3.63) is 35.9 Å². The first-order valence-electron chi connectivity index (χ1n) is 5.91. The number of benzene rings is 1. The lowest BCUT2D eigenvalue weighted by atomic mass is 10.2. The number of nitrogens with two attached hydrogens (primary N) is 2. The highest BCUT2D eigenvalue weighted by Gasteiger charge is 2.10. The number of hydrogen-bond donors (Lipinski definition) is 3. The van der Waals surface area contributed by atoms with Crippen LogP contribution in [0.2, 0.25) is 0 Å². The van der Waals surface area contributed by atoms with Gasteiger partial charge in [-0.2, -0.15) is 4.98 Å². The van der Waals surface area contributed by atoms with E-state index in [1.807, 2.05) is 0 Å². The van der Waals surface area contributed by atoms with E-state index in [9.17, 15) is 9.90 Å². The third kappa shape index (κ3) is 3.44. The Kier molecular flexibility index (Phi) is 3.98. The summed E-state index contributed by atoms with van der Waals surface area (Å²) < 4.78 is 4.70. The third-order valence-electron chi connectivity index (χ3n) is 2.52. The van der Waals surface area contributed by atoms with Gasteiger partial charge in [-0.25, -0.2) is 4.79 Å². The van der Waals surface area contributed by atoms with Gasteiger partial charge in [0.05, 0.1) is 0 Å². The van der Waals surface area contributed by atoms with Crippen molar-refractivity contribution >= 4 is 23.3 Å². The van der Waals surface area contributed by atoms with Crippen LogP contribution in [-0.2, 0) is 0 Å². The average Bonchev–Trinajstić information content (AvgIpc) is 2.42. The van der Waals surface area contributed by atoms with Gasteiger partial charge in [0.25, 0.3) is 0 Å². The number of amides is 1. The molecule has 5 N–H and O–H groups in total. The zero-order valence-corrected chi connectivity index (χ0v) is 11.1. The highest BCUT2D eigenvalue weighted by atomic mass is 16.6. The summed E-state index contributed by atoms with van der Waals surface area (Å²) in [5.74, 6) is 0.0377. The molecule has 1 aromatic carbocycles. The Hall–Kier alpha value is -3.16. The van der Waals surface area contributed by atoms with Gasteiger partial charge in [0.1, 0.15) is 17.1 Å². The van der Waals surface area contributed by atoms with Gasteiger partial charge in [-0.15, -0.1) is 10.2 Å². The van der Waals surface area contributed by atoms with E-state index in [1.165, 1.54) is 6.07 Å². The number of nitrogen functional groups attached to an aromatic ring is 1. The van der Waals surface area contributed by atoms with Crippen LogP contribution >= 0.6 is 0 Å². The molecule has 8 heteroatoms. The van der Waals surface area contributed by atoms with E-state index in [-0.39, 0.29) is 23.1 Å². The van der Waals surface area contributed by atoms with Crippen LogP contribution in [-0.4, -0.2) is 16.2 Å². The predicted molar refractivity (Wildman–Crippen MR) is 75.9 cm³/mol. The van der Waals surface area contributed by atoms with Crippen molar-refractivity contribution in [1.29, 1.82) is 0 Å². The summed E-state index contributed by atoms with van der Waals surface area (Å²) in [6, 6.07) is 8.02. The van der Waals surface area contributed by atoms with Crippen LogP contribution in [0.1, 0.15) is 5.56 Å². The van der Waals surface area contributed by atoms with Gasteiger partial charge in [0, 0.05) is 5.56 Å². The van der Waals surface area contributed by atoms with Gasteiger partial charge in [-0.3, -0.25) is 0 Å². The summed E-state index contributed by atoms with van der Waals surface area (Å²) in [5, 5.41) is 17.4. The van der Waals surface area contributed by atoms with E-state index in [4.69, 9.17) is 16.2 Å². The Bertz CT molecular complexity index is 715. The molecule has 21 heavy (non-hydrogen) atoms. The Labute approximate surface area is 120 Å². The Morgan fingerprint density at radius 1 is 1.29 bits per heavy atom. The molecule has 2 aromatic rings. The number of aromatic hydroxyl groups is 1. The summed E-state index contributed by atoms with van der Waals surface area (Å²) in [6.45, 7) is 1.66. The van der Waals surface area contributed by atoms with Crippen LogP contribution in [0.5, 0.6) is 11.6 Å². The molecule has 1 amide bonds. The largest absolute Gasteiger partial charge is 0.506 e. The van der Waals surface area contributed by atoms with Gasteiger partial charge in [-0.1, -0.05) is 12.1 Å². The number of pyridine rings is 1. The van der Waals surface area contributed by atoms with E-state index in [2.05, 4.69) is 15.2 Å². The maximum Gasteiger partial charge on any atom is 0.411 e. The molecule has 1 heterocycles. The monoisotopic (exact) mass is 287 g/mol. The molecule has 0 spiro atoms. The topological polar surface area (TPSA) is 136 Å². The number of nitrogens with zero attached hydrogens (tertiary/aromatic N) is 3. The zero-order chi connectivity index (χ0) is 15.4. The molecule has 0 saturated carbocycles. The van der Waals surface area contributed by atoms with Gasteiger partial charge in [0.2, 0.25) is 5.88 Å². The number of phenols is 1. The highest BCUT2D eigenvalue weighted by molar-refractivity contribution is 5.69. The Morgan fingerprint density at radius 2 is 1.95 bits per heavy atom. The van der Waals surface area contributed by atoms with Crippen molar-refractivity contribution < 1.29 is 14.6 Å². The fraction of sp³-hybridized carbons (Fsp3) is 0.0769. The second-order valence-corrected chi connectivity index (χ2v) is 4.12. The van der Waals surface area contributed by atoms with Crippen molar-refractivity contribution in [2.24, 2.45) is 16.0 Å². The molecule has 1 aromatic heterocycles. The van der Waals surface area contributed by atoms with E-state index >= 15 is 0 Å². The van der Waals surface area contributed by atoms with Crippen molar-refractivity contribution in [1.82, 2.24) is 4.98 Å². The van der Waals surface area contributed by atoms with Gasteiger partial charge in [0.15, 0.2) is 5.82 Å². The lowest BCUT2D eigenvalue weighted by molar-refractivity contribution is 0.208. The number of aromatic nitrogens is 1. The second kappa shape index (κ2) is 5.87. The predicted octanol–water partition coefficient (Wildman–Crippen LogP) is 2.55. The number of aryl methyl sites for hydroxylation is 1. The average molecular weight is 287 g/mol. The van der Waals surface area contributed by atoms with Crippen LogP contribution < -0.4 is 16.2 Å². The van der Waals surface area contributed by atoms with Gasteiger partial charge < -0.3 is 21.3 Å². The Balaban J connectivity index is 2.31. The fourth-order valence-corrected chi connectivity index (χ4v) is 1.53. The molecule has 8 nitrogen and oxygen atoms in total. The fourth-order valence-electron chi connectivity index (χ4n) is 1.53. The number of carbonyl (C=O) groups is 1. The number of para-hydroxylation sites is 1. The van der Waals surface area contributed by atoms with Crippen molar-refractivity contribution in [3.63, 3.8) is 0 Å². The Morgan fingerprint density at radius 3 is 2.62 bits per heavy atom. The van der Waals surface area contributed by atoms with E-state index in [0.717, 1.165) is 0 Å². The van der Waals surface area contributed by atoms with E-state index in [0.29, 0.717) is 11.3 Å². The number of anilines is 1. The summed E-state index contributed by atoms with van der Waals surface area (Å²) in [7, 11) is 0. The molecule has 0 aliphatic heterocycles. The van der Waals surface area contributed by atoms with Crippen LogP contribution in [0.15, 0.2) is 40.6 Å². The number of phenolic OH excluding ortho intramolecular Hbond substituents is 1. The summed E-state index contributed by atoms with van der Waals surface area (Å²) in [5.41, 5.74) is 11.7. The second-order valence-electron chi connectivity index (χ2n) is 4.12. The van der Waals surface area contributed by atoms with Crippen molar-refractivity contribution in [2.75, 3.05) is 5.73 Å². The summed E-state index contributed by atoms with van der Waals surface area (Å²) >= 11 is 0. The number of primary amides is 1. The number of ether oxygens (including phenoxy) is 1. The molecule has 0 aliphatic carbocycles. The third-order valence-corrected chi connectivity index (χ3v) is 2.52. The first-order valence-corrected chi connectivity index (χ1v) is 5.91. The first-order chi connectivity index (χ1) is 9.97. The van der Waals surface area contributed by atoms with Crippen LogP contribution in [0, 0.1) is 6.92 Å². The SMILES string of the molecule is Cc1cc(N=Nc2ccccc2O)c(N)nc1OC(N)=O. The molecular weight excluding hydrogens is 274 g/mol. The lowest BCUT2D eigenvalue weighted by Gasteiger charge is -2.06. The molecule has 0 unspecified atom stereocenters. The van der Waals surface area contributed by atoms with Crippen LogP contribution in [0.4, 0.5) is 22.0 Å². The molecule has 0 fully saturated rings. The molecule has 2 rings (SSSR count). The maximum atomic E-state index is 10.7. The van der Waals surface area contributed by atoms with Crippen molar-refractivity contribution in [2.45, 2.75) is 6.92 Å². The zero-order valence-electron chi connectivity index (χ0n) is 11.1. The molecule has 0 radical (unpaired) electrons. The minimum Gasteiger partial charge on any atom is -0.506 e. The molecule has 108 valence electrons. The lowest BCUT2D eigenvalue weighted by Crippen LogP contribution is -2.17. The standard InChI is InChI=1S/C13H13N5O3/c1-7-6-9(11(14)16-12(7)21-13(15)20)18-17-8-4-2-3-5-10(8)19/h2-6,19H,1H3,(H2,14,16)(H2,15,20). The smallest absolute Gasteiger partial charge is 0.411 e. The normalized spacial score (nSPS) is 10.7. The summed E-state index contributed by atoms with van der Waals surface area (Å²) in [4.78, 5) is 14.6. The van der Waals surface area contributed by atoms with Gasteiger partial charge in [-0.05, 0) is 25.1 Å². The number of carbonyl (C=O) groups excluding carboxylic acids is 1. The van der Waals surface area contributed by atoms with E-state index < -0.39 is 6.09 Å². The minimum absolute atomic E-state index is 0.00168. The van der Waals surface area contributed by atoms with Crippen LogP contribution in [0.3, 0.4) is 0 Å². The van der Waals surface area contributed by atoms with E-state index in [1.54, 1.807) is 31.2 Å². The minimum atomic E-state index is -0.978. The first kappa shape index (κ1) is 14.3. The maximum absolute atomic E-state index is 10.7. The quantitative estimate of drug-likeness (QED) is 0.745. The number of rotatable bonds is 3. The molecule has 0 saturated heterocycles.